The van der Waals surface area contributed by atoms with Gasteiger partial charge in [-0.15, -0.1) is 0 Å². The second-order valence-corrected chi connectivity index (χ2v) is 8.64. The van der Waals surface area contributed by atoms with E-state index in [1.165, 1.54) is 17.8 Å². The summed E-state index contributed by atoms with van der Waals surface area (Å²) >= 11 is 2.47. The van der Waals surface area contributed by atoms with Crippen LogP contribution in [0, 0.1) is 10.8 Å². The number of rotatable bonds is 4. The molecule has 0 bridgehead atoms. The van der Waals surface area contributed by atoms with Crippen LogP contribution >= 0.6 is 23.5 Å². The lowest BCUT2D eigenvalue weighted by Gasteiger charge is -2.17. The minimum Gasteiger partial charge on any atom is -0.282 e. The maximum absolute atomic E-state index is 13.5. The van der Waals surface area contributed by atoms with E-state index in [0.717, 1.165) is 21.6 Å². The normalized spacial score (nSPS) is 11.6. The van der Waals surface area contributed by atoms with Crippen LogP contribution in [0.3, 0.4) is 0 Å². The fourth-order valence-electron chi connectivity index (χ4n) is 2.87. The van der Waals surface area contributed by atoms with Crippen LogP contribution in [0.15, 0.2) is 98.6 Å². The van der Waals surface area contributed by atoms with Crippen molar-refractivity contribution in [2.45, 2.75) is 25.9 Å². The summed E-state index contributed by atoms with van der Waals surface area (Å²) in [6, 6.07) is 23.3. The number of fused-ring (bicyclic) bond motifs is 1. The molecule has 0 aliphatic carbocycles. The molecule has 0 spiro atoms. The van der Waals surface area contributed by atoms with Crippen molar-refractivity contribution in [3.63, 3.8) is 0 Å². The predicted molar refractivity (Wildman–Crippen MR) is 116 cm³/mol. The average Bonchev–Trinajstić information content (AvgIpc) is 2.75. The quantitative estimate of drug-likeness (QED) is 0.284. The van der Waals surface area contributed by atoms with E-state index in [9.17, 15) is 13.2 Å². The molecule has 0 fully saturated rings. The number of aromatic nitrogens is 2. The van der Waals surface area contributed by atoms with E-state index >= 15 is 0 Å². The molecule has 0 saturated heterocycles. The molecule has 0 unspecified atom stereocenters. The summed E-state index contributed by atoms with van der Waals surface area (Å²) in [5.74, 6) is -1.62. The Morgan fingerprint density at radius 3 is 1.97 bits per heavy atom. The van der Waals surface area contributed by atoms with E-state index in [2.05, 4.69) is 4.98 Å². The van der Waals surface area contributed by atoms with Crippen molar-refractivity contribution in [1.29, 1.82) is 10.8 Å². The van der Waals surface area contributed by atoms with Gasteiger partial charge in [-0.05, 0) is 42.5 Å². The minimum atomic E-state index is -4.91. The molecular weight excluding hydrogens is 441 g/mol. The summed E-state index contributed by atoms with van der Waals surface area (Å²) in [7, 11) is 0. The molecule has 3 aromatic carbocycles. The highest BCUT2D eigenvalue weighted by Gasteiger charge is 2.37. The summed E-state index contributed by atoms with van der Waals surface area (Å²) in [4.78, 5) is 6.78. The van der Waals surface area contributed by atoms with E-state index in [4.69, 9.17) is 10.8 Å². The molecule has 1 aromatic heterocycles. The molecule has 156 valence electrons. The molecule has 2 N–H and O–H groups in total. The van der Waals surface area contributed by atoms with Crippen LogP contribution in [0.1, 0.15) is 0 Å². The van der Waals surface area contributed by atoms with Gasteiger partial charge in [0.1, 0.15) is 5.03 Å². The van der Waals surface area contributed by atoms with E-state index in [1.54, 1.807) is 36.4 Å². The standard InChI is InChI=1S/C22H15F3N4S2/c23-22(24,25)21(27)29-18-13-16(30-14-7-3-1-4-8-14)11-12-17(18)28-20(19(29)26)31-15-9-5-2-6-10-15/h1-13,26-27H. The van der Waals surface area contributed by atoms with Crippen molar-refractivity contribution in [3.05, 3.63) is 84.4 Å². The SMILES string of the molecule is N=C(n1c(=N)c(Sc2ccccc2)nc2ccc(Sc3ccccc3)cc21)C(F)(F)F. The van der Waals surface area contributed by atoms with Crippen molar-refractivity contribution in [1.82, 2.24) is 9.55 Å². The summed E-state index contributed by atoms with van der Waals surface area (Å²) < 4.78 is 41.1. The van der Waals surface area contributed by atoms with E-state index < -0.39 is 17.5 Å². The number of halogens is 3. The predicted octanol–water partition coefficient (Wildman–Crippen LogP) is 6.21. The van der Waals surface area contributed by atoms with Gasteiger partial charge in [-0.25, -0.2) is 4.98 Å². The molecule has 4 rings (SSSR count). The van der Waals surface area contributed by atoms with Crippen LogP contribution < -0.4 is 5.49 Å². The molecule has 0 radical (unpaired) electrons. The Kier molecular flexibility index (Phi) is 5.88. The van der Waals surface area contributed by atoms with Gasteiger partial charge >= 0.3 is 6.18 Å². The molecule has 1 heterocycles. The average molecular weight is 457 g/mol. The molecule has 4 aromatic rings. The molecule has 0 saturated carbocycles. The first-order chi connectivity index (χ1) is 14.8. The number of alkyl halides is 3. The lowest BCUT2D eigenvalue weighted by molar-refractivity contribution is -0.0624. The zero-order valence-electron chi connectivity index (χ0n) is 15.9. The van der Waals surface area contributed by atoms with Gasteiger partial charge in [-0.3, -0.25) is 15.4 Å². The van der Waals surface area contributed by atoms with Crippen LogP contribution in [0.25, 0.3) is 11.0 Å². The van der Waals surface area contributed by atoms with Gasteiger partial charge in [0.15, 0.2) is 5.49 Å². The first kappa shape index (κ1) is 21.2. The first-order valence-corrected chi connectivity index (χ1v) is 10.7. The van der Waals surface area contributed by atoms with Gasteiger partial charge < -0.3 is 0 Å². The highest BCUT2D eigenvalue weighted by Crippen LogP contribution is 2.31. The number of hydrogen-bond acceptors (Lipinski definition) is 5. The summed E-state index contributed by atoms with van der Waals surface area (Å²) in [5, 5.41) is 16.3. The Morgan fingerprint density at radius 1 is 0.806 bits per heavy atom. The highest BCUT2D eigenvalue weighted by molar-refractivity contribution is 7.99. The zero-order valence-corrected chi connectivity index (χ0v) is 17.5. The van der Waals surface area contributed by atoms with Crippen LogP contribution in [0.4, 0.5) is 13.2 Å². The van der Waals surface area contributed by atoms with Gasteiger partial charge in [-0.2, -0.15) is 13.2 Å². The molecule has 31 heavy (non-hydrogen) atoms. The Labute approximate surface area is 184 Å². The largest absolute Gasteiger partial charge is 0.449 e. The van der Waals surface area contributed by atoms with Crippen molar-refractivity contribution in [3.8, 4) is 0 Å². The van der Waals surface area contributed by atoms with Crippen molar-refractivity contribution in [2.24, 2.45) is 0 Å². The number of hydrogen-bond donors (Lipinski definition) is 2. The van der Waals surface area contributed by atoms with Crippen LogP contribution in [0.2, 0.25) is 0 Å². The van der Waals surface area contributed by atoms with Gasteiger partial charge in [0, 0.05) is 14.7 Å². The number of nitrogens with one attached hydrogen (secondary N) is 2. The molecule has 0 aliphatic rings. The number of benzene rings is 3. The third kappa shape index (κ3) is 4.67. The second-order valence-electron chi connectivity index (χ2n) is 6.43. The van der Waals surface area contributed by atoms with Gasteiger partial charge in [0.05, 0.1) is 11.0 Å². The molecular formula is C22H15F3N4S2. The maximum atomic E-state index is 13.5. The molecule has 0 atom stereocenters. The van der Waals surface area contributed by atoms with E-state index in [0.29, 0.717) is 9.46 Å². The Hall–Kier alpha value is -3.04. The van der Waals surface area contributed by atoms with Crippen LogP contribution in [0.5, 0.6) is 0 Å². The molecule has 0 aliphatic heterocycles. The maximum Gasteiger partial charge on any atom is 0.449 e. The Morgan fingerprint density at radius 2 is 1.39 bits per heavy atom. The van der Waals surface area contributed by atoms with Crippen molar-refractivity contribution >= 4 is 40.4 Å². The van der Waals surface area contributed by atoms with Crippen molar-refractivity contribution in [2.75, 3.05) is 0 Å². The highest BCUT2D eigenvalue weighted by atomic mass is 32.2. The Balaban J connectivity index is 1.87. The monoisotopic (exact) mass is 456 g/mol. The summed E-state index contributed by atoms with van der Waals surface area (Å²) in [6.45, 7) is 0. The van der Waals surface area contributed by atoms with Gasteiger partial charge in [0.2, 0.25) is 5.84 Å². The molecule has 4 nitrogen and oxygen atoms in total. The second kappa shape index (κ2) is 8.60. The zero-order chi connectivity index (χ0) is 22.0. The summed E-state index contributed by atoms with van der Waals surface area (Å²) in [6.07, 6.45) is -4.91. The van der Waals surface area contributed by atoms with E-state index in [-0.39, 0.29) is 16.1 Å². The number of nitrogens with zero attached hydrogens (tertiary/aromatic N) is 2. The molecule has 9 heteroatoms. The lowest BCUT2D eigenvalue weighted by Crippen LogP contribution is -2.38. The fourth-order valence-corrected chi connectivity index (χ4v) is 4.59. The fraction of sp³-hybridized carbons (Fsp3) is 0.0455. The Bertz CT molecular complexity index is 1300. The first-order valence-electron chi connectivity index (χ1n) is 9.06. The van der Waals surface area contributed by atoms with Crippen molar-refractivity contribution < 1.29 is 13.2 Å². The third-order valence-electron chi connectivity index (χ3n) is 4.26. The topological polar surface area (TPSA) is 65.5 Å². The summed E-state index contributed by atoms with van der Waals surface area (Å²) in [5.41, 5.74) is -0.142. The van der Waals surface area contributed by atoms with Crippen LogP contribution in [-0.4, -0.2) is 21.6 Å². The van der Waals surface area contributed by atoms with Gasteiger partial charge in [0.25, 0.3) is 0 Å². The smallest absolute Gasteiger partial charge is 0.282 e. The third-order valence-corrected chi connectivity index (χ3v) is 6.25. The van der Waals surface area contributed by atoms with Crippen LogP contribution in [-0.2, 0) is 0 Å². The van der Waals surface area contributed by atoms with Gasteiger partial charge in [-0.1, -0.05) is 59.9 Å². The molecule has 0 amide bonds. The lowest BCUT2D eigenvalue weighted by atomic mass is 10.3. The minimum absolute atomic E-state index is 0.0608. The van der Waals surface area contributed by atoms with E-state index in [1.807, 2.05) is 36.4 Å².